The number of hydrogen-bond acceptors (Lipinski definition) is 8. The SMILES string of the molecule is c1cc(-c2cccc(-c3nnc(CCC4CCCC4)c(CCC4CCCC4)n3)n2)nc(-c2nnc(CCC3CCCC3)c(CCC3CCCC3)n2)c1. The second-order valence-electron chi connectivity index (χ2n) is 16.6. The minimum absolute atomic E-state index is 0.608. The molecule has 0 saturated heterocycles. The molecule has 274 valence electrons. The highest BCUT2D eigenvalue weighted by Gasteiger charge is 2.22. The summed E-state index contributed by atoms with van der Waals surface area (Å²) in [4.78, 5) is 20.4. The summed E-state index contributed by atoms with van der Waals surface area (Å²) in [7, 11) is 0. The van der Waals surface area contributed by atoms with E-state index in [4.69, 9.17) is 30.1 Å². The van der Waals surface area contributed by atoms with Crippen LogP contribution in [-0.2, 0) is 25.7 Å². The lowest BCUT2D eigenvalue weighted by Gasteiger charge is -2.14. The lowest BCUT2D eigenvalue weighted by molar-refractivity contribution is 0.485. The van der Waals surface area contributed by atoms with Gasteiger partial charge < -0.3 is 0 Å². The number of pyridine rings is 2. The average Bonchev–Trinajstić information content (AvgIpc) is 4.05. The number of aryl methyl sites for hydroxylation is 4. The Morgan fingerprint density at radius 2 is 0.654 bits per heavy atom. The molecule has 8 rings (SSSR count). The third-order valence-electron chi connectivity index (χ3n) is 13.0. The molecule has 0 amide bonds. The standard InChI is InChI=1S/C44H58N8/c1-2-12-31(11-1)23-27-37-39(29-25-33-15-5-6-16-33)49-51-43(47-37)41-21-9-19-35(45-41)36-20-10-22-42(46-36)44-48-38(28-24-32-13-3-4-14-32)40(50-52-44)30-26-34-17-7-8-18-34/h9-10,19-22,31-34H,1-8,11-18,23-30H2. The molecule has 4 aromatic heterocycles. The second kappa shape index (κ2) is 17.4. The van der Waals surface area contributed by atoms with Crippen molar-refractivity contribution in [2.24, 2.45) is 23.7 Å². The van der Waals surface area contributed by atoms with Crippen LogP contribution in [0.15, 0.2) is 36.4 Å². The van der Waals surface area contributed by atoms with Crippen LogP contribution in [0.5, 0.6) is 0 Å². The summed E-state index contributed by atoms with van der Waals surface area (Å²) in [6, 6.07) is 12.1. The molecule has 0 bridgehead atoms. The van der Waals surface area contributed by atoms with Crippen LogP contribution in [-0.4, -0.2) is 40.3 Å². The van der Waals surface area contributed by atoms with Crippen LogP contribution in [0.25, 0.3) is 34.4 Å². The van der Waals surface area contributed by atoms with E-state index in [9.17, 15) is 0 Å². The van der Waals surface area contributed by atoms with Gasteiger partial charge in [-0.05, 0) is 99.3 Å². The van der Waals surface area contributed by atoms with Crippen LogP contribution in [0.3, 0.4) is 0 Å². The van der Waals surface area contributed by atoms with E-state index in [1.807, 2.05) is 36.4 Å². The van der Waals surface area contributed by atoms with E-state index in [1.54, 1.807) is 0 Å². The molecule has 4 aromatic rings. The van der Waals surface area contributed by atoms with Crippen molar-refractivity contribution in [3.8, 4) is 34.4 Å². The Bertz CT molecular complexity index is 1620. The largest absolute Gasteiger partial charge is 0.243 e. The van der Waals surface area contributed by atoms with Gasteiger partial charge in [0, 0.05) is 0 Å². The highest BCUT2D eigenvalue weighted by Crippen LogP contribution is 2.33. The quantitative estimate of drug-likeness (QED) is 0.121. The van der Waals surface area contributed by atoms with Crippen molar-refractivity contribution in [3.63, 3.8) is 0 Å². The third kappa shape index (κ3) is 9.09. The fraction of sp³-hybridized carbons (Fsp3) is 0.636. The van der Waals surface area contributed by atoms with Gasteiger partial charge >= 0.3 is 0 Å². The van der Waals surface area contributed by atoms with E-state index >= 15 is 0 Å². The summed E-state index contributed by atoms with van der Waals surface area (Å²) in [6.07, 6.45) is 30.5. The first-order valence-corrected chi connectivity index (χ1v) is 21.1. The van der Waals surface area contributed by atoms with Crippen molar-refractivity contribution in [3.05, 3.63) is 59.2 Å². The van der Waals surface area contributed by atoms with Crippen molar-refractivity contribution in [1.29, 1.82) is 0 Å². The van der Waals surface area contributed by atoms with Gasteiger partial charge in [-0.2, -0.15) is 10.2 Å². The van der Waals surface area contributed by atoms with E-state index in [-0.39, 0.29) is 0 Å². The molecule has 0 aromatic carbocycles. The molecule has 52 heavy (non-hydrogen) atoms. The number of hydrogen-bond donors (Lipinski definition) is 0. The molecule has 8 nitrogen and oxygen atoms in total. The van der Waals surface area contributed by atoms with Gasteiger partial charge in [0.2, 0.25) is 11.6 Å². The zero-order valence-corrected chi connectivity index (χ0v) is 31.3. The first-order chi connectivity index (χ1) is 25.7. The Morgan fingerprint density at radius 3 is 1.00 bits per heavy atom. The summed E-state index contributed by atoms with van der Waals surface area (Å²) in [6.45, 7) is 0. The van der Waals surface area contributed by atoms with Gasteiger partial charge in [-0.3, -0.25) is 0 Å². The molecular formula is C44H58N8. The maximum atomic E-state index is 5.17. The maximum Gasteiger partial charge on any atom is 0.200 e. The van der Waals surface area contributed by atoms with Crippen LogP contribution in [0, 0.1) is 23.7 Å². The zero-order valence-electron chi connectivity index (χ0n) is 31.3. The van der Waals surface area contributed by atoms with Crippen molar-refractivity contribution < 1.29 is 0 Å². The van der Waals surface area contributed by atoms with Crippen LogP contribution in [0.4, 0.5) is 0 Å². The van der Waals surface area contributed by atoms with Gasteiger partial charge in [-0.15, -0.1) is 10.2 Å². The molecular weight excluding hydrogens is 641 g/mol. The van der Waals surface area contributed by atoms with Gasteiger partial charge in [0.1, 0.15) is 11.4 Å². The van der Waals surface area contributed by atoms with E-state index in [2.05, 4.69) is 10.2 Å². The van der Waals surface area contributed by atoms with Crippen molar-refractivity contribution in [2.45, 2.75) is 154 Å². The molecule has 0 aliphatic heterocycles. The zero-order chi connectivity index (χ0) is 35.0. The maximum absolute atomic E-state index is 5.17. The summed E-state index contributed by atoms with van der Waals surface area (Å²) in [5.74, 6) is 4.51. The molecule has 0 N–H and O–H groups in total. The minimum Gasteiger partial charge on any atom is -0.243 e. The molecule has 0 radical (unpaired) electrons. The first kappa shape index (κ1) is 35.4. The van der Waals surface area contributed by atoms with Crippen molar-refractivity contribution in [1.82, 2.24) is 40.3 Å². The molecule has 8 heteroatoms. The Kier molecular flexibility index (Phi) is 11.9. The molecule has 4 aliphatic rings. The summed E-state index contributed by atoms with van der Waals surface area (Å²) < 4.78 is 0. The van der Waals surface area contributed by atoms with Crippen LogP contribution < -0.4 is 0 Å². The van der Waals surface area contributed by atoms with E-state index in [0.717, 1.165) is 94.9 Å². The predicted molar refractivity (Wildman–Crippen MR) is 206 cm³/mol. The van der Waals surface area contributed by atoms with Gasteiger partial charge in [0.15, 0.2) is 0 Å². The minimum atomic E-state index is 0.608. The van der Waals surface area contributed by atoms with E-state index in [1.165, 1.54) is 128 Å². The van der Waals surface area contributed by atoms with Gasteiger partial charge in [0.05, 0.1) is 34.2 Å². The van der Waals surface area contributed by atoms with Crippen molar-refractivity contribution >= 4 is 0 Å². The van der Waals surface area contributed by atoms with E-state index in [0.29, 0.717) is 11.6 Å². The molecule has 0 atom stereocenters. The van der Waals surface area contributed by atoms with Crippen LogP contribution in [0.1, 0.15) is 151 Å². The fourth-order valence-electron chi connectivity index (χ4n) is 9.73. The topological polar surface area (TPSA) is 103 Å². The number of nitrogens with zero attached hydrogens (tertiary/aromatic N) is 8. The fourth-order valence-corrected chi connectivity index (χ4v) is 9.73. The van der Waals surface area contributed by atoms with Gasteiger partial charge in [0.25, 0.3) is 0 Å². The predicted octanol–water partition coefficient (Wildman–Crippen LogP) is 10.3. The summed E-state index contributed by atoms with van der Waals surface area (Å²) in [5, 5.41) is 19.0. The molecule has 4 fully saturated rings. The number of rotatable bonds is 15. The monoisotopic (exact) mass is 698 g/mol. The number of aromatic nitrogens is 8. The lowest BCUT2D eigenvalue weighted by Crippen LogP contribution is -2.10. The Labute approximate surface area is 310 Å². The normalized spacial score (nSPS) is 19.0. The van der Waals surface area contributed by atoms with Gasteiger partial charge in [-0.25, -0.2) is 19.9 Å². The average molecular weight is 699 g/mol. The first-order valence-electron chi connectivity index (χ1n) is 21.1. The molecule has 0 spiro atoms. The lowest BCUT2D eigenvalue weighted by atomic mass is 9.96. The summed E-state index contributed by atoms with van der Waals surface area (Å²) in [5.41, 5.74) is 7.48. The smallest absolute Gasteiger partial charge is 0.200 e. The van der Waals surface area contributed by atoms with Crippen molar-refractivity contribution in [2.75, 3.05) is 0 Å². The van der Waals surface area contributed by atoms with Crippen LogP contribution >= 0.6 is 0 Å². The van der Waals surface area contributed by atoms with Crippen LogP contribution in [0.2, 0.25) is 0 Å². The highest BCUT2D eigenvalue weighted by atomic mass is 15.2. The molecule has 4 saturated carbocycles. The molecule has 4 aliphatic carbocycles. The Morgan fingerprint density at radius 1 is 0.346 bits per heavy atom. The molecule has 0 unspecified atom stereocenters. The van der Waals surface area contributed by atoms with E-state index < -0.39 is 0 Å². The summed E-state index contributed by atoms with van der Waals surface area (Å²) >= 11 is 0. The Hall–Kier alpha value is -3.68. The highest BCUT2D eigenvalue weighted by molar-refractivity contribution is 5.62. The van der Waals surface area contributed by atoms with Gasteiger partial charge in [-0.1, -0.05) is 115 Å². The molecule has 4 heterocycles. The third-order valence-corrected chi connectivity index (χ3v) is 13.0. The Balaban J connectivity index is 1.02. The second-order valence-corrected chi connectivity index (χ2v) is 16.6.